The molecule has 0 N–H and O–H groups in total. The number of hydrogen-bond acceptors (Lipinski definition) is 4. The predicted molar refractivity (Wildman–Crippen MR) is 133 cm³/mol. The first-order valence-corrected chi connectivity index (χ1v) is 11.2. The number of esters is 1. The lowest BCUT2D eigenvalue weighted by Crippen LogP contribution is -2.34. The predicted octanol–water partition coefficient (Wildman–Crippen LogP) is 6.07. The molecule has 4 heteroatoms. The van der Waals surface area contributed by atoms with Crippen LogP contribution in [0.3, 0.4) is 0 Å². The zero-order chi connectivity index (χ0) is 24.1. The Balaban J connectivity index is 2.07. The van der Waals surface area contributed by atoms with Crippen molar-refractivity contribution in [3.05, 3.63) is 136 Å². The number of ether oxygens (including phenoxy) is 1. The first kappa shape index (κ1) is 22.9. The van der Waals surface area contributed by atoms with Gasteiger partial charge < -0.3 is 4.74 Å². The van der Waals surface area contributed by atoms with Crippen molar-refractivity contribution in [3.8, 4) is 6.07 Å². The molecule has 4 rings (SSSR count). The summed E-state index contributed by atoms with van der Waals surface area (Å²) < 4.78 is 4.95. The van der Waals surface area contributed by atoms with Gasteiger partial charge in [0.1, 0.15) is 11.8 Å². The molecule has 168 valence electrons. The van der Waals surface area contributed by atoms with Crippen LogP contribution in [0.4, 0.5) is 0 Å². The molecule has 0 unspecified atom stereocenters. The summed E-state index contributed by atoms with van der Waals surface area (Å²) in [5.41, 5.74) is 7.41. The molecular weight excluding hydrogens is 420 g/mol. The van der Waals surface area contributed by atoms with E-state index in [1.165, 1.54) is 0 Å². The molecule has 34 heavy (non-hydrogen) atoms. The number of benzene rings is 3. The van der Waals surface area contributed by atoms with Crippen molar-refractivity contribution in [1.82, 2.24) is 4.98 Å². The molecule has 0 fully saturated rings. The van der Waals surface area contributed by atoms with Crippen molar-refractivity contribution in [2.24, 2.45) is 0 Å². The summed E-state index contributed by atoms with van der Waals surface area (Å²) in [4.78, 5) is 16.8. The molecule has 3 aromatic carbocycles. The summed E-state index contributed by atoms with van der Waals surface area (Å²) in [6, 6.07) is 30.7. The van der Waals surface area contributed by atoms with Gasteiger partial charge in [-0.1, -0.05) is 78.9 Å². The van der Waals surface area contributed by atoms with Crippen molar-refractivity contribution < 1.29 is 9.53 Å². The molecule has 0 radical (unpaired) electrons. The summed E-state index contributed by atoms with van der Waals surface area (Å²) in [5.74, 6) is -0.610. The molecule has 1 heterocycles. The van der Waals surface area contributed by atoms with Gasteiger partial charge in [-0.25, -0.2) is 9.78 Å². The van der Waals surface area contributed by atoms with E-state index in [0.29, 0.717) is 0 Å². The number of nitrogens with zero attached hydrogens (tertiary/aromatic N) is 2. The topological polar surface area (TPSA) is 63.0 Å². The lowest BCUT2D eigenvalue weighted by atomic mass is 9.62. The zero-order valence-corrected chi connectivity index (χ0v) is 19.6. The van der Waals surface area contributed by atoms with Crippen LogP contribution in [0.25, 0.3) is 0 Å². The Morgan fingerprint density at radius 3 is 1.65 bits per heavy atom. The fraction of sp³-hybridized carbons (Fsp3) is 0.167. The van der Waals surface area contributed by atoms with Gasteiger partial charge >= 0.3 is 5.97 Å². The van der Waals surface area contributed by atoms with Gasteiger partial charge in [0.15, 0.2) is 6.61 Å². The molecule has 4 aromatic rings. The second-order valence-electron chi connectivity index (χ2n) is 8.36. The summed E-state index contributed by atoms with van der Waals surface area (Å²) in [5, 5.41) is 8.72. The summed E-state index contributed by atoms with van der Waals surface area (Å²) in [6.07, 6.45) is 1.76. The number of hydrogen-bond donors (Lipinski definition) is 0. The summed E-state index contributed by atoms with van der Waals surface area (Å²) in [7, 11) is 0. The highest BCUT2D eigenvalue weighted by Gasteiger charge is 2.41. The van der Waals surface area contributed by atoms with Crippen LogP contribution in [-0.4, -0.2) is 17.6 Å². The Morgan fingerprint density at radius 2 is 1.26 bits per heavy atom. The smallest absolute Gasteiger partial charge is 0.357 e. The highest BCUT2D eigenvalue weighted by Crippen LogP contribution is 2.48. The van der Waals surface area contributed by atoms with Crippen molar-refractivity contribution in [2.75, 3.05) is 6.61 Å². The highest BCUT2D eigenvalue weighted by atomic mass is 16.5. The Bertz CT molecular complexity index is 1260. The van der Waals surface area contributed by atoms with Crippen LogP contribution < -0.4 is 0 Å². The van der Waals surface area contributed by atoms with Gasteiger partial charge in [0.2, 0.25) is 0 Å². The highest BCUT2D eigenvalue weighted by molar-refractivity contribution is 5.87. The van der Waals surface area contributed by atoms with Crippen LogP contribution in [0.15, 0.2) is 91.1 Å². The molecule has 0 bridgehead atoms. The van der Waals surface area contributed by atoms with Crippen LogP contribution in [0.2, 0.25) is 0 Å². The van der Waals surface area contributed by atoms with Gasteiger partial charge in [0.25, 0.3) is 0 Å². The molecule has 0 aliphatic carbocycles. The molecule has 0 aliphatic rings. The molecule has 0 atom stereocenters. The van der Waals surface area contributed by atoms with Crippen molar-refractivity contribution in [3.63, 3.8) is 0 Å². The minimum atomic E-state index is -0.649. The van der Waals surface area contributed by atoms with Crippen molar-refractivity contribution in [1.29, 1.82) is 5.26 Å². The molecule has 0 aliphatic heterocycles. The number of nitriles is 1. The van der Waals surface area contributed by atoms with E-state index in [1.54, 1.807) is 12.3 Å². The maximum atomic E-state index is 12.3. The van der Waals surface area contributed by atoms with Gasteiger partial charge in [0, 0.05) is 6.20 Å². The average Bonchev–Trinajstić information content (AvgIpc) is 2.86. The van der Waals surface area contributed by atoms with E-state index in [4.69, 9.17) is 10.00 Å². The normalized spacial score (nSPS) is 11.0. The van der Waals surface area contributed by atoms with Crippen LogP contribution in [0.5, 0.6) is 0 Å². The second-order valence-corrected chi connectivity index (χ2v) is 8.36. The number of aromatic nitrogens is 1. The Labute approximate surface area is 200 Å². The van der Waals surface area contributed by atoms with Gasteiger partial charge in [-0.2, -0.15) is 5.26 Å². The number of rotatable bonds is 6. The summed E-state index contributed by atoms with van der Waals surface area (Å²) in [6.45, 7) is 6.08. The minimum Gasteiger partial charge on any atom is -0.446 e. The maximum absolute atomic E-state index is 12.3. The standard InChI is InChI=1S/C30H26N2O2/c1-21-10-4-7-13-25(21)30(26-14-8-5-11-22(26)2,27-15-9-6-12-23(27)3)24-16-17-28(32-20-24)29(33)34-19-18-31/h4-17,20H,19H2,1-3H3. The lowest BCUT2D eigenvalue weighted by Gasteiger charge is -2.39. The van der Waals surface area contributed by atoms with Crippen LogP contribution >= 0.6 is 0 Å². The average molecular weight is 447 g/mol. The fourth-order valence-corrected chi connectivity index (χ4v) is 4.79. The zero-order valence-electron chi connectivity index (χ0n) is 19.6. The molecule has 1 aromatic heterocycles. The van der Waals surface area contributed by atoms with Gasteiger partial charge in [-0.3, -0.25) is 0 Å². The van der Waals surface area contributed by atoms with Gasteiger partial charge in [-0.15, -0.1) is 0 Å². The van der Waals surface area contributed by atoms with Crippen molar-refractivity contribution in [2.45, 2.75) is 26.2 Å². The Hall–Kier alpha value is -4.23. The van der Waals surface area contributed by atoms with Crippen LogP contribution in [-0.2, 0) is 10.2 Å². The molecular formula is C30H26N2O2. The monoisotopic (exact) mass is 446 g/mol. The molecule has 0 saturated carbocycles. The molecule has 4 nitrogen and oxygen atoms in total. The first-order valence-electron chi connectivity index (χ1n) is 11.2. The van der Waals surface area contributed by atoms with E-state index in [-0.39, 0.29) is 12.3 Å². The second kappa shape index (κ2) is 9.72. The first-order chi connectivity index (χ1) is 16.5. The van der Waals surface area contributed by atoms with E-state index in [1.807, 2.05) is 30.3 Å². The van der Waals surface area contributed by atoms with Crippen LogP contribution in [0, 0.1) is 32.1 Å². The maximum Gasteiger partial charge on any atom is 0.357 e. The van der Waals surface area contributed by atoms with Gasteiger partial charge in [0.05, 0.1) is 5.41 Å². The van der Waals surface area contributed by atoms with E-state index < -0.39 is 11.4 Å². The third-order valence-corrected chi connectivity index (χ3v) is 6.32. The van der Waals surface area contributed by atoms with E-state index >= 15 is 0 Å². The minimum absolute atomic E-state index is 0.173. The van der Waals surface area contributed by atoms with E-state index in [2.05, 4.69) is 80.4 Å². The van der Waals surface area contributed by atoms with Crippen LogP contribution in [0.1, 0.15) is 49.4 Å². The third-order valence-electron chi connectivity index (χ3n) is 6.32. The third kappa shape index (κ3) is 3.97. The van der Waals surface area contributed by atoms with E-state index in [0.717, 1.165) is 38.9 Å². The largest absolute Gasteiger partial charge is 0.446 e. The molecule has 0 amide bonds. The summed E-state index contributed by atoms with van der Waals surface area (Å²) >= 11 is 0. The fourth-order valence-electron chi connectivity index (χ4n) is 4.79. The van der Waals surface area contributed by atoms with E-state index in [9.17, 15) is 4.79 Å². The number of carbonyl (C=O) groups is 1. The Kier molecular flexibility index (Phi) is 6.56. The number of pyridine rings is 1. The quantitative estimate of drug-likeness (QED) is 0.266. The van der Waals surface area contributed by atoms with Gasteiger partial charge in [-0.05, 0) is 65.8 Å². The molecule has 0 spiro atoms. The SMILES string of the molecule is Cc1ccccc1C(c1ccc(C(=O)OCC#N)nc1)(c1ccccc1C)c1ccccc1C. The number of carbonyl (C=O) groups excluding carboxylic acids is 1. The molecule has 0 saturated heterocycles. The lowest BCUT2D eigenvalue weighted by molar-refractivity contribution is 0.0548. The number of aryl methyl sites for hydroxylation is 3. The Morgan fingerprint density at radius 1 is 0.794 bits per heavy atom. The van der Waals surface area contributed by atoms with Crippen molar-refractivity contribution >= 4 is 5.97 Å².